The zero-order valence-corrected chi connectivity index (χ0v) is 14.9. The number of nitrogens with one attached hydrogen (secondary N) is 1. The van der Waals surface area contributed by atoms with Crippen LogP contribution in [-0.4, -0.2) is 46.6 Å². The van der Waals surface area contributed by atoms with Crippen LogP contribution in [0.1, 0.15) is 38.7 Å². The smallest absolute Gasteiger partial charge is 0.322 e. The third kappa shape index (κ3) is 5.32. The second-order valence-electron chi connectivity index (χ2n) is 6.13. The third-order valence-electron chi connectivity index (χ3n) is 4.06. The van der Waals surface area contributed by atoms with E-state index in [1.54, 1.807) is 6.07 Å². The van der Waals surface area contributed by atoms with Gasteiger partial charge in [0.15, 0.2) is 5.75 Å². The molecule has 0 atom stereocenters. The number of H-pyrrole nitrogens is 1. The summed E-state index contributed by atoms with van der Waals surface area (Å²) in [6.07, 6.45) is 4.48. The van der Waals surface area contributed by atoms with Crippen molar-refractivity contribution in [3.8, 4) is 5.75 Å². The number of aliphatic carboxylic acids is 1. The zero-order valence-electron chi connectivity index (χ0n) is 14.9. The Bertz CT molecular complexity index is 717. The van der Waals surface area contributed by atoms with E-state index >= 15 is 0 Å². The third-order valence-corrected chi connectivity index (χ3v) is 4.06. The van der Waals surface area contributed by atoms with Gasteiger partial charge in [-0.3, -0.25) is 9.59 Å². The van der Waals surface area contributed by atoms with Gasteiger partial charge in [0.1, 0.15) is 6.42 Å². The molecule has 0 bridgehead atoms. The molecule has 6 heteroatoms. The highest BCUT2D eigenvalue weighted by molar-refractivity contribution is 5.94. The van der Waals surface area contributed by atoms with Gasteiger partial charge in [0, 0.05) is 18.1 Å². The number of para-hydroxylation sites is 1. The number of aromatic amines is 1. The minimum atomic E-state index is -1.20. The summed E-state index contributed by atoms with van der Waals surface area (Å²) in [4.78, 5) is 27.8. The second-order valence-corrected chi connectivity index (χ2v) is 6.13. The predicted octanol–water partition coefficient (Wildman–Crippen LogP) is 3.21. The maximum Gasteiger partial charge on any atom is 0.322 e. The molecule has 1 aromatic carbocycles. The lowest BCUT2D eigenvalue weighted by Gasteiger charge is -2.20. The number of benzene rings is 1. The summed E-state index contributed by atoms with van der Waals surface area (Å²) in [5, 5.41) is 9.68. The Morgan fingerprint density at radius 1 is 1.16 bits per heavy atom. The number of hydrogen-bond acceptors (Lipinski definition) is 4. The average Bonchev–Trinajstić information content (AvgIpc) is 2.96. The van der Waals surface area contributed by atoms with Crippen molar-refractivity contribution >= 4 is 22.8 Å². The Balaban J connectivity index is 2.11. The molecule has 6 nitrogen and oxygen atoms in total. The van der Waals surface area contributed by atoms with Gasteiger partial charge in [-0.05, 0) is 44.0 Å². The van der Waals surface area contributed by atoms with Crippen molar-refractivity contribution in [1.82, 2.24) is 9.88 Å². The molecule has 0 radical (unpaired) electrons. The number of esters is 1. The van der Waals surface area contributed by atoms with E-state index in [-0.39, 0.29) is 0 Å². The van der Waals surface area contributed by atoms with Crippen LogP contribution >= 0.6 is 0 Å². The van der Waals surface area contributed by atoms with Crippen molar-refractivity contribution in [2.75, 3.05) is 19.6 Å². The lowest BCUT2D eigenvalue weighted by molar-refractivity contribution is -0.145. The van der Waals surface area contributed by atoms with E-state index < -0.39 is 18.4 Å². The molecule has 0 aliphatic carbocycles. The second kappa shape index (κ2) is 9.22. The van der Waals surface area contributed by atoms with Gasteiger partial charge in [-0.1, -0.05) is 26.0 Å². The molecule has 2 rings (SSSR count). The molecule has 0 unspecified atom stereocenters. The molecule has 25 heavy (non-hydrogen) atoms. The van der Waals surface area contributed by atoms with Gasteiger partial charge < -0.3 is 19.7 Å². The van der Waals surface area contributed by atoms with Crippen LogP contribution in [0, 0.1) is 0 Å². The van der Waals surface area contributed by atoms with E-state index in [1.165, 1.54) is 5.56 Å². The number of aromatic nitrogens is 1. The van der Waals surface area contributed by atoms with E-state index in [9.17, 15) is 9.59 Å². The number of nitrogens with zero attached hydrogens (tertiary/aromatic N) is 1. The van der Waals surface area contributed by atoms with E-state index in [4.69, 9.17) is 9.84 Å². The van der Waals surface area contributed by atoms with Crippen molar-refractivity contribution in [2.45, 2.75) is 39.5 Å². The number of carbonyl (C=O) groups excluding carboxylic acids is 1. The first-order valence-corrected chi connectivity index (χ1v) is 8.79. The SMILES string of the molecule is CCCN(CCC)CCc1c[nH]c2c(OC(=O)CC(=O)O)cccc12. The predicted molar refractivity (Wildman–Crippen MR) is 96.9 cm³/mol. The average molecular weight is 346 g/mol. The van der Waals surface area contributed by atoms with Crippen LogP contribution in [0.5, 0.6) is 5.75 Å². The number of carboxylic acids is 1. The van der Waals surface area contributed by atoms with E-state index in [1.807, 2.05) is 18.3 Å². The van der Waals surface area contributed by atoms with Gasteiger partial charge in [-0.25, -0.2) is 0 Å². The van der Waals surface area contributed by atoms with Crippen LogP contribution in [0.3, 0.4) is 0 Å². The molecule has 1 aromatic heterocycles. The Kier molecular flexibility index (Phi) is 7.01. The standard InChI is InChI=1S/C19H26N2O4/c1-3-9-21(10-4-2)11-8-14-13-20-19-15(14)6-5-7-16(19)25-18(24)12-17(22)23/h5-7,13,20H,3-4,8-12H2,1-2H3,(H,22,23). The number of carboxylic acid groups (broad SMARTS) is 1. The van der Waals surface area contributed by atoms with E-state index in [0.717, 1.165) is 49.8 Å². The van der Waals surface area contributed by atoms with Crippen LogP contribution in [0.15, 0.2) is 24.4 Å². The van der Waals surface area contributed by atoms with Crippen LogP contribution < -0.4 is 4.74 Å². The fourth-order valence-electron chi connectivity index (χ4n) is 3.01. The summed E-state index contributed by atoms with van der Waals surface area (Å²) in [7, 11) is 0. The highest BCUT2D eigenvalue weighted by atomic mass is 16.5. The van der Waals surface area contributed by atoms with Crippen LogP contribution in [-0.2, 0) is 16.0 Å². The summed E-state index contributed by atoms with van der Waals surface area (Å²) in [6, 6.07) is 5.47. The Hall–Kier alpha value is -2.34. The summed E-state index contributed by atoms with van der Waals surface area (Å²) in [5.41, 5.74) is 1.90. The number of hydrogen-bond donors (Lipinski definition) is 2. The van der Waals surface area contributed by atoms with Crippen molar-refractivity contribution in [3.05, 3.63) is 30.0 Å². The fraction of sp³-hybridized carbons (Fsp3) is 0.474. The highest BCUT2D eigenvalue weighted by Crippen LogP contribution is 2.28. The molecule has 0 fully saturated rings. The van der Waals surface area contributed by atoms with Crippen molar-refractivity contribution in [3.63, 3.8) is 0 Å². The zero-order chi connectivity index (χ0) is 18.2. The monoisotopic (exact) mass is 346 g/mol. The maximum atomic E-state index is 11.6. The Morgan fingerprint density at radius 2 is 1.88 bits per heavy atom. The van der Waals surface area contributed by atoms with Crippen LogP contribution in [0.4, 0.5) is 0 Å². The maximum absolute atomic E-state index is 11.6. The van der Waals surface area contributed by atoms with Gasteiger partial charge in [0.25, 0.3) is 0 Å². The number of carbonyl (C=O) groups is 2. The minimum Gasteiger partial charge on any atom is -0.481 e. The molecule has 136 valence electrons. The molecule has 0 saturated carbocycles. The molecule has 1 heterocycles. The van der Waals surface area contributed by atoms with Crippen LogP contribution in [0.25, 0.3) is 10.9 Å². The molecule has 2 aromatic rings. The molecule has 0 amide bonds. The first kappa shape index (κ1) is 19.0. The largest absolute Gasteiger partial charge is 0.481 e. The fourth-order valence-corrected chi connectivity index (χ4v) is 3.01. The van der Waals surface area contributed by atoms with Crippen molar-refractivity contribution < 1.29 is 19.4 Å². The first-order chi connectivity index (χ1) is 12.0. The summed E-state index contributed by atoms with van der Waals surface area (Å²) >= 11 is 0. The molecular formula is C19H26N2O4. The molecule has 0 aliphatic rings. The van der Waals surface area contributed by atoms with Crippen molar-refractivity contribution in [1.29, 1.82) is 0 Å². The molecular weight excluding hydrogens is 320 g/mol. The lowest BCUT2D eigenvalue weighted by Crippen LogP contribution is -2.27. The van der Waals surface area contributed by atoms with Gasteiger partial charge in [-0.15, -0.1) is 0 Å². The molecule has 2 N–H and O–H groups in total. The van der Waals surface area contributed by atoms with Crippen LogP contribution in [0.2, 0.25) is 0 Å². The molecule has 0 spiro atoms. The number of rotatable bonds is 10. The lowest BCUT2D eigenvalue weighted by atomic mass is 10.1. The number of ether oxygens (including phenoxy) is 1. The quantitative estimate of drug-likeness (QED) is 0.392. The topological polar surface area (TPSA) is 82.6 Å². The molecule has 0 aliphatic heterocycles. The highest BCUT2D eigenvalue weighted by Gasteiger charge is 2.14. The van der Waals surface area contributed by atoms with Gasteiger partial charge in [-0.2, -0.15) is 0 Å². The van der Waals surface area contributed by atoms with E-state index in [0.29, 0.717) is 5.75 Å². The minimum absolute atomic E-state index is 0.369. The van der Waals surface area contributed by atoms with Gasteiger partial charge in [0.05, 0.1) is 5.52 Å². The Labute approximate surface area is 147 Å². The summed E-state index contributed by atoms with van der Waals surface area (Å²) in [5.74, 6) is -1.60. The molecule has 0 saturated heterocycles. The van der Waals surface area contributed by atoms with Crippen molar-refractivity contribution in [2.24, 2.45) is 0 Å². The van der Waals surface area contributed by atoms with Gasteiger partial charge in [0.2, 0.25) is 0 Å². The normalized spacial score (nSPS) is 11.2. The Morgan fingerprint density at radius 3 is 2.52 bits per heavy atom. The summed E-state index contributed by atoms with van der Waals surface area (Å²) in [6.45, 7) is 7.54. The number of fused-ring (bicyclic) bond motifs is 1. The first-order valence-electron chi connectivity index (χ1n) is 8.79. The summed E-state index contributed by atoms with van der Waals surface area (Å²) < 4.78 is 5.19. The van der Waals surface area contributed by atoms with E-state index in [2.05, 4.69) is 23.7 Å². The van der Waals surface area contributed by atoms with Gasteiger partial charge >= 0.3 is 11.9 Å².